The third kappa shape index (κ3) is 4.14. The fraction of sp³-hybridized carbons (Fsp3) is 0.529. The van der Waals surface area contributed by atoms with Crippen molar-refractivity contribution in [3.8, 4) is 0 Å². The molecule has 1 N–H and O–H groups in total. The van der Waals surface area contributed by atoms with E-state index in [0.717, 1.165) is 16.8 Å². The van der Waals surface area contributed by atoms with Crippen molar-refractivity contribution < 1.29 is 22.9 Å². The van der Waals surface area contributed by atoms with Crippen LogP contribution < -0.4 is 5.32 Å². The molecule has 28 heavy (non-hydrogen) atoms. The lowest BCUT2D eigenvalue weighted by Crippen LogP contribution is -2.52. The average Bonchev–Trinajstić information content (AvgIpc) is 3.42. The molecule has 2 fully saturated rings. The summed E-state index contributed by atoms with van der Waals surface area (Å²) in [6.45, 7) is 2.26. The maximum absolute atomic E-state index is 12.8. The predicted molar refractivity (Wildman–Crippen MR) is 98.7 cm³/mol. The molecule has 3 rings (SSSR count). The normalized spacial score (nSPS) is 22.5. The minimum Gasteiger partial charge on any atom is -0.347 e. The quantitative estimate of drug-likeness (QED) is 0.527. The zero-order valence-corrected chi connectivity index (χ0v) is 16.2. The number of amides is 2. The fourth-order valence-electron chi connectivity index (χ4n) is 3.24. The molecule has 0 unspecified atom stereocenters. The van der Waals surface area contributed by atoms with Gasteiger partial charge < -0.3 is 10.2 Å². The summed E-state index contributed by atoms with van der Waals surface area (Å²) >= 11 is 0. The van der Waals surface area contributed by atoms with Gasteiger partial charge in [-0.15, -0.1) is 0 Å². The molecular formula is C17H22N4O6S. The Hall–Kier alpha value is -2.53. The highest BCUT2D eigenvalue weighted by Gasteiger charge is 2.39. The Kier molecular flexibility index (Phi) is 5.66. The first-order valence-corrected chi connectivity index (χ1v) is 10.4. The number of rotatable bonds is 6. The van der Waals surface area contributed by atoms with Crippen LogP contribution in [0.1, 0.15) is 13.3 Å². The van der Waals surface area contributed by atoms with Crippen molar-refractivity contribution in [1.29, 1.82) is 0 Å². The maximum Gasteiger partial charge on any atom is 0.289 e. The highest BCUT2D eigenvalue weighted by Crippen LogP contribution is 2.37. The Morgan fingerprint density at radius 3 is 2.39 bits per heavy atom. The van der Waals surface area contributed by atoms with Crippen LogP contribution in [0.4, 0.5) is 5.69 Å². The van der Waals surface area contributed by atoms with Crippen molar-refractivity contribution in [2.75, 3.05) is 32.7 Å². The number of hydrogen-bond acceptors (Lipinski definition) is 6. The van der Waals surface area contributed by atoms with E-state index in [0.29, 0.717) is 5.92 Å². The molecule has 1 aromatic rings. The third-order valence-electron chi connectivity index (χ3n) is 5.13. The van der Waals surface area contributed by atoms with Gasteiger partial charge in [0, 0.05) is 38.2 Å². The van der Waals surface area contributed by atoms with Gasteiger partial charge in [-0.1, -0.05) is 19.1 Å². The minimum atomic E-state index is -4.04. The molecule has 10 nitrogen and oxygen atoms in total. The molecule has 1 saturated heterocycles. The van der Waals surface area contributed by atoms with E-state index in [4.69, 9.17) is 0 Å². The van der Waals surface area contributed by atoms with Gasteiger partial charge in [-0.05, 0) is 18.4 Å². The van der Waals surface area contributed by atoms with E-state index >= 15 is 0 Å². The number of nitrogens with one attached hydrogen (secondary N) is 1. The van der Waals surface area contributed by atoms with E-state index < -0.39 is 20.6 Å². The van der Waals surface area contributed by atoms with Crippen LogP contribution in [0.15, 0.2) is 29.2 Å². The molecule has 0 bridgehead atoms. The lowest BCUT2D eigenvalue weighted by molar-refractivity contribution is -0.387. The molecule has 0 spiro atoms. The summed E-state index contributed by atoms with van der Waals surface area (Å²) < 4.78 is 26.7. The van der Waals surface area contributed by atoms with Gasteiger partial charge in [-0.2, -0.15) is 4.31 Å². The van der Waals surface area contributed by atoms with Gasteiger partial charge in [0.25, 0.3) is 5.69 Å². The molecule has 1 aliphatic carbocycles. The Morgan fingerprint density at radius 1 is 1.21 bits per heavy atom. The van der Waals surface area contributed by atoms with Crippen molar-refractivity contribution in [3.05, 3.63) is 34.4 Å². The van der Waals surface area contributed by atoms with Gasteiger partial charge in [0.1, 0.15) is 0 Å². The summed E-state index contributed by atoms with van der Waals surface area (Å²) in [5.41, 5.74) is -0.474. The summed E-state index contributed by atoms with van der Waals surface area (Å²) in [5, 5.41) is 13.7. The van der Waals surface area contributed by atoms with Crippen LogP contribution in [0.5, 0.6) is 0 Å². The van der Waals surface area contributed by atoms with Gasteiger partial charge in [0.15, 0.2) is 4.90 Å². The molecule has 2 atom stereocenters. The third-order valence-corrected chi connectivity index (χ3v) is 7.08. The summed E-state index contributed by atoms with van der Waals surface area (Å²) in [4.78, 5) is 35.6. The summed E-state index contributed by atoms with van der Waals surface area (Å²) in [7, 11) is -4.04. The fourth-order valence-corrected chi connectivity index (χ4v) is 4.82. The van der Waals surface area contributed by atoms with Gasteiger partial charge in [0.2, 0.25) is 21.8 Å². The van der Waals surface area contributed by atoms with Crippen LogP contribution in [-0.2, 0) is 19.6 Å². The van der Waals surface area contributed by atoms with E-state index in [1.165, 1.54) is 23.1 Å². The highest BCUT2D eigenvalue weighted by molar-refractivity contribution is 7.89. The lowest BCUT2D eigenvalue weighted by Gasteiger charge is -2.34. The molecule has 2 aliphatic rings. The van der Waals surface area contributed by atoms with E-state index in [-0.39, 0.29) is 55.4 Å². The molecular weight excluding hydrogens is 388 g/mol. The Labute approximate surface area is 162 Å². The first-order valence-electron chi connectivity index (χ1n) is 9.01. The van der Waals surface area contributed by atoms with Gasteiger partial charge >= 0.3 is 0 Å². The average molecular weight is 410 g/mol. The zero-order chi connectivity index (χ0) is 20.5. The molecule has 1 aromatic carbocycles. The van der Waals surface area contributed by atoms with E-state index in [1.807, 2.05) is 6.92 Å². The van der Waals surface area contributed by atoms with Crippen molar-refractivity contribution in [3.63, 3.8) is 0 Å². The van der Waals surface area contributed by atoms with Gasteiger partial charge in [0.05, 0.1) is 11.5 Å². The predicted octanol–water partition coefficient (Wildman–Crippen LogP) is 0.200. The Morgan fingerprint density at radius 2 is 1.82 bits per heavy atom. The Bertz CT molecular complexity index is 895. The van der Waals surface area contributed by atoms with Gasteiger partial charge in [-0.3, -0.25) is 19.7 Å². The van der Waals surface area contributed by atoms with Crippen LogP contribution in [0, 0.1) is 22.0 Å². The van der Waals surface area contributed by atoms with Crippen molar-refractivity contribution >= 4 is 27.5 Å². The SMILES string of the molecule is C[C@@H]1C[C@@H]1C(=O)NCC(=O)N1CCN(S(=O)(=O)c2ccccc2[N+](=O)[O-])CC1. The molecule has 152 valence electrons. The van der Waals surface area contributed by atoms with E-state index in [2.05, 4.69) is 5.32 Å². The molecule has 1 aliphatic heterocycles. The van der Waals surface area contributed by atoms with Gasteiger partial charge in [-0.25, -0.2) is 8.42 Å². The standard InChI is InChI=1S/C17H22N4O6S/c1-12-10-13(12)17(23)18-11-16(22)19-6-8-20(9-7-19)28(26,27)15-5-3-2-4-14(15)21(24)25/h2-5,12-13H,6-11H2,1H3,(H,18,23)/t12-,13+/m1/s1. The molecule has 0 radical (unpaired) electrons. The van der Waals surface area contributed by atoms with Crippen LogP contribution in [0.3, 0.4) is 0 Å². The highest BCUT2D eigenvalue weighted by atomic mass is 32.2. The minimum absolute atomic E-state index is 0.0172. The Balaban J connectivity index is 1.58. The summed E-state index contributed by atoms with van der Waals surface area (Å²) in [5.74, 6) is -0.0646. The first kappa shape index (κ1) is 20.2. The largest absolute Gasteiger partial charge is 0.347 e. The van der Waals surface area contributed by atoms with Crippen LogP contribution in [0.25, 0.3) is 0 Å². The second-order valence-corrected chi connectivity index (χ2v) is 8.95. The van der Waals surface area contributed by atoms with Crippen molar-refractivity contribution in [2.45, 2.75) is 18.2 Å². The molecule has 2 amide bonds. The number of nitrogens with zero attached hydrogens (tertiary/aromatic N) is 3. The number of carbonyl (C=O) groups excluding carboxylic acids is 2. The van der Waals surface area contributed by atoms with Crippen LogP contribution >= 0.6 is 0 Å². The lowest BCUT2D eigenvalue weighted by atomic mass is 10.3. The van der Waals surface area contributed by atoms with Crippen LogP contribution in [0.2, 0.25) is 0 Å². The monoisotopic (exact) mass is 410 g/mol. The number of sulfonamides is 1. The number of carbonyl (C=O) groups is 2. The molecule has 0 aromatic heterocycles. The zero-order valence-electron chi connectivity index (χ0n) is 15.4. The van der Waals surface area contributed by atoms with E-state index in [1.54, 1.807) is 0 Å². The number of hydrogen-bond donors (Lipinski definition) is 1. The second kappa shape index (κ2) is 7.84. The number of nitro groups is 1. The van der Waals surface area contributed by atoms with E-state index in [9.17, 15) is 28.1 Å². The molecule has 11 heteroatoms. The number of para-hydroxylation sites is 1. The topological polar surface area (TPSA) is 130 Å². The second-order valence-electron chi connectivity index (χ2n) is 7.05. The van der Waals surface area contributed by atoms with Crippen molar-refractivity contribution in [1.82, 2.24) is 14.5 Å². The van der Waals surface area contributed by atoms with Crippen LogP contribution in [-0.4, -0.2) is 67.1 Å². The molecule has 1 saturated carbocycles. The smallest absolute Gasteiger partial charge is 0.289 e. The molecule has 1 heterocycles. The summed E-state index contributed by atoms with van der Waals surface area (Å²) in [6.07, 6.45) is 0.835. The number of nitro benzene ring substituents is 1. The first-order chi connectivity index (χ1) is 13.2. The van der Waals surface area contributed by atoms with Crippen molar-refractivity contribution in [2.24, 2.45) is 11.8 Å². The number of benzene rings is 1. The summed E-state index contributed by atoms with van der Waals surface area (Å²) in [6, 6.07) is 5.20. The maximum atomic E-state index is 12.8. The number of piperazine rings is 1.